The lowest BCUT2D eigenvalue weighted by Gasteiger charge is -2.18. The molecule has 0 aliphatic heterocycles. The molecule has 0 heterocycles. The van der Waals surface area contributed by atoms with Crippen LogP contribution in [-0.2, 0) is 4.79 Å². The van der Waals surface area contributed by atoms with E-state index >= 15 is 0 Å². The van der Waals surface area contributed by atoms with Crippen LogP contribution in [0.5, 0.6) is 5.75 Å². The molecule has 1 unspecified atom stereocenters. The number of carbonyl (C=O) groups is 1. The van der Waals surface area contributed by atoms with Gasteiger partial charge in [0.15, 0.2) is 6.61 Å². The second-order valence-electron chi connectivity index (χ2n) is 4.54. The Morgan fingerprint density at radius 2 is 2.25 bits per heavy atom. The van der Waals surface area contributed by atoms with E-state index in [4.69, 9.17) is 10.00 Å². The summed E-state index contributed by atoms with van der Waals surface area (Å²) in [5, 5.41) is 14.2. The largest absolute Gasteiger partial charge is 0.483 e. The molecule has 0 saturated carbocycles. The molecule has 108 valence electrons. The predicted molar refractivity (Wildman–Crippen MR) is 77.4 cm³/mol. The van der Waals surface area contributed by atoms with Gasteiger partial charge in [-0.2, -0.15) is 5.26 Å². The Labute approximate surface area is 119 Å². The molecular formula is C15H21N3O2. The van der Waals surface area contributed by atoms with Gasteiger partial charge >= 0.3 is 0 Å². The molecule has 1 rings (SSSR count). The van der Waals surface area contributed by atoms with Crippen LogP contribution in [0.2, 0.25) is 0 Å². The number of carbonyl (C=O) groups excluding carboxylic acids is 1. The SMILES string of the molecule is CCNC(C)c1cc(C)ccc1OCC(=O)NCC#N. The molecule has 0 aliphatic rings. The van der Waals surface area contributed by atoms with E-state index in [1.807, 2.05) is 32.0 Å². The standard InChI is InChI=1S/C15H21N3O2/c1-4-17-12(3)13-9-11(2)5-6-14(13)20-10-15(19)18-8-7-16/h5-6,9,12,17H,4,8,10H2,1-3H3,(H,18,19). The second kappa shape index (κ2) is 8.18. The Kier molecular flexibility index (Phi) is 6.54. The minimum atomic E-state index is -0.297. The zero-order valence-electron chi connectivity index (χ0n) is 12.2. The molecule has 1 aromatic rings. The van der Waals surface area contributed by atoms with Crippen molar-refractivity contribution in [1.82, 2.24) is 10.6 Å². The van der Waals surface area contributed by atoms with Gasteiger partial charge in [0.25, 0.3) is 5.91 Å². The molecule has 1 amide bonds. The minimum Gasteiger partial charge on any atom is -0.483 e. The average molecular weight is 275 g/mol. The van der Waals surface area contributed by atoms with Gasteiger partial charge in [0, 0.05) is 11.6 Å². The second-order valence-corrected chi connectivity index (χ2v) is 4.54. The summed E-state index contributed by atoms with van der Waals surface area (Å²) in [4.78, 5) is 11.4. The highest BCUT2D eigenvalue weighted by molar-refractivity contribution is 5.77. The van der Waals surface area contributed by atoms with Crippen LogP contribution >= 0.6 is 0 Å². The van der Waals surface area contributed by atoms with Crippen molar-refractivity contribution in [1.29, 1.82) is 5.26 Å². The molecule has 0 radical (unpaired) electrons. The molecule has 2 N–H and O–H groups in total. The first-order valence-corrected chi connectivity index (χ1v) is 6.68. The van der Waals surface area contributed by atoms with Crippen LogP contribution in [0.25, 0.3) is 0 Å². The zero-order valence-corrected chi connectivity index (χ0v) is 12.2. The van der Waals surface area contributed by atoms with Gasteiger partial charge in [0.2, 0.25) is 0 Å². The highest BCUT2D eigenvalue weighted by Gasteiger charge is 2.12. The molecule has 0 spiro atoms. The summed E-state index contributed by atoms with van der Waals surface area (Å²) in [6.07, 6.45) is 0. The molecule has 1 aromatic carbocycles. The lowest BCUT2D eigenvalue weighted by molar-refractivity contribution is -0.122. The third-order valence-electron chi connectivity index (χ3n) is 2.87. The molecule has 0 fully saturated rings. The van der Waals surface area contributed by atoms with Crippen LogP contribution in [0.3, 0.4) is 0 Å². The number of nitriles is 1. The Morgan fingerprint density at radius 1 is 1.50 bits per heavy atom. The minimum absolute atomic E-state index is 0.00323. The van der Waals surface area contributed by atoms with E-state index in [1.54, 1.807) is 0 Å². The number of nitrogens with zero attached hydrogens (tertiary/aromatic N) is 1. The molecule has 1 atom stereocenters. The number of rotatable bonds is 7. The maximum Gasteiger partial charge on any atom is 0.258 e. The molecular weight excluding hydrogens is 254 g/mol. The Bertz CT molecular complexity index is 494. The normalized spacial score (nSPS) is 11.5. The van der Waals surface area contributed by atoms with E-state index in [0.717, 1.165) is 17.7 Å². The van der Waals surface area contributed by atoms with Crippen LogP contribution in [0.1, 0.15) is 31.0 Å². The summed E-state index contributed by atoms with van der Waals surface area (Å²) in [6.45, 7) is 6.89. The first-order chi connectivity index (χ1) is 9.58. The highest BCUT2D eigenvalue weighted by Crippen LogP contribution is 2.26. The van der Waals surface area contributed by atoms with Gasteiger partial charge in [0.1, 0.15) is 12.3 Å². The van der Waals surface area contributed by atoms with Gasteiger partial charge in [-0.05, 0) is 26.5 Å². The first kappa shape index (κ1) is 16.0. The summed E-state index contributed by atoms with van der Waals surface area (Å²) in [7, 11) is 0. The predicted octanol–water partition coefficient (Wildman–Crippen LogP) is 1.68. The van der Waals surface area contributed by atoms with Crippen LogP contribution in [0.4, 0.5) is 0 Å². The van der Waals surface area contributed by atoms with E-state index in [0.29, 0.717) is 5.75 Å². The number of benzene rings is 1. The van der Waals surface area contributed by atoms with Gasteiger partial charge in [-0.1, -0.05) is 24.6 Å². The smallest absolute Gasteiger partial charge is 0.258 e. The molecule has 20 heavy (non-hydrogen) atoms. The monoisotopic (exact) mass is 275 g/mol. The van der Waals surface area contributed by atoms with Crippen molar-refractivity contribution < 1.29 is 9.53 Å². The van der Waals surface area contributed by atoms with E-state index in [9.17, 15) is 4.79 Å². The van der Waals surface area contributed by atoms with Gasteiger partial charge in [-0.15, -0.1) is 0 Å². The maximum atomic E-state index is 11.4. The van der Waals surface area contributed by atoms with Crippen molar-refractivity contribution >= 4 is 5.91 Å². The van der Waals surface area contributed by atoms with E-state index in [-0.39, 0.29) is 25.1 Å². The van der Waals surface area contributed by atoms with Crippen LogP contribution < -0.4 is 15.4 Å². The fraction of sp³-hybridized carbons (Fsp3) is 0.467. The van der Waals surface area contributed by atoms with Gasteiger partial charge in [0.05, 0.1) is 6.07 Å². The number of amides is 1. The van der Waals surface area contributed by atoms with Crippen LogP contribution in [0.15, 0.2) is 18.2 Å². The van der Waals surface area contributed by atoms with Gasteiger partial charge in [-0.3, -0.25) is 4.79 Å². The lowest BCUT2D eigenvalue weighted by Crippen LogP contribution is -2.29. The van der Waals surface area contributed by atoms with Crippen molar-refractivity contribution in [2.24, 2.45) is 0 Å². The Morgan fingerprint density at radius 3 is 2.90 bits per heavy atom. The van der Waals surface area contributed by atoms with E-state index in [1.165, 1.54) is 0 Å². The van der Waals surface area contributed by atoms with Crippen molar-refractivity contribution in [2.75, 3.05) is 19.7 Å². The van der Waals surface area contributed by atoms with Crippen LogP contribution in [0, 0.1) is 18.3 Å². The van der Waals surface area contributed by atoms with E-state index < -0.39 is 0 Å². The molecule has 5 heteroatoms. The number of hydrogen-bond donors (Lipinski definition) is 2. The number of nitrogens with one attached hydrogen (secondary N) is 2. The summed E-state index contributed by atoms with van der Waals surface area (Å²) in [5.41, 5.74) is 2.17. The summed E-state index contributed by atoms with van der Waals surface area (Å²) in [5.74, 6) is 0.394. The van der Waals surface area contributed by atoms with E-state index in [2.05, 4.69) is 23.6 Å². The van der Waals surface area contributed by atoms with Crippen molar-refractivity contribution in [2.45, 2.75) is 26.8 Å². The highest BCUT2D eigenvalue weighted by atomic mass is 16.5. The Hall–Kier alpha value is -2.06. The molecule has 0 saturated heterocycles. The molecule has 0 aliphatic carbocycles. The lowest BCUT2D eigenvalue weighted by atomic mass is 10.0. The molecule has 5 nitrogen and oxygen atoms in total. The van der Waals surface area contributed by atoms with Crippen LogP contribution in [-0.4, -0.2) is 25.6 Å². The molecule has 0 aromatic heterocycles. The van der Waals surface area contributed by atoms with Crippen molar-refractivity contribution in [3.8, 4) is 11.8 Å². The number of hydrogen-bond acceptors (Lipinski definition) is 4. The zero-order chi connectivity index (χ0) is 15.0. The third kappa shape index (κ3) is 4.90. The first-order valence-electron chi connectivity index (χ1n) is 6.68. The van der Waals surface area contributed by atoms with Gasteiger partial charge in [-0.25, -0.2) is 0 Å². The summed E-state index contributed by atoms with van der Waals surface area (Å²) in [6, 6.07) is 7.87. The summed E-state index contributed by atoms with van der Waals surface area (Å²) < 4.78 is 5.56. The number of aryl methyl sites for hydroxylation is 1. The quantitative estimate of drug-likeness (QED) is 0.743. The summed E-state index contributed by atoms with van der Waals surface area (Å²) >= 11 is 0. The molecule has 0 bridgehead atoms. The third-order valence-corrected chi connectivity index (χ3v) is 2.87. The fourth-order valence-corrected chi connectivity index (χ4v) is 1.89. The topological polar surface area (TPSA) is 74.2 Å². The average Bonchev–Trinajstić information content (AvgIpc) is 2.43. The Balaban J connectivity index is 2.74. The van der Waals surface area contributed by atoms with Gasteiger partial charge < -0.3 is 15.4 Å². The fourth-order valence-electron chi connectivity index (χ4n) is 1.89. The van der Waals surface area contributed by atoms with Crippen molar-refractivity contribution in [3.63, 3.8) is 0 Å². The maximum absolute atomic E-state index is 11.4. The van der Waals surface area contributed by atoms with Crippen molar-refractivity contribution in [3.05, 3.63) is 29.3 Å². The number of ether oxygens (including phenoxy) is 1.